The smallest absolute Gasteiger partial charge is 0.337 e. The van der Waals surface area contributed by atoms with E-state index >= 15 is 0 Å². The summed E-state index contributed by atoms with van der Waals surface area (Å²) in [5.41, 5.74) is 8.12. The molecule has 1 unspecified atom stereocenters. The fourth-order valence-electron chi connectivity index (χ4n) is 6.13. The van der Waals surface area contributed by atoms with Gasteiger partial charge in [0.15, 0.2) is 0 Å². The van der Waals surface area contributed by atoms with E-state index in [9.17, 15) is 4.79 Å². The second-order valence-corrected chi connectivity index (χ2v) is 10.6. The summed E-state index contributed by atoms with van der Waals surface area (Å²) < 4.78 is 4.93. The van der Waals surface area contributed by atoms with Gasteiger partial charge in [-0.1, -0.05) is 74.7 Å². The standard InChI is InChI=1S/C34H37NO2/c1-4-7-31(26-14-18-28(19-15-26)34(36)37-3)33(27-16-12-25(13-17-27)24-8-5-6-9-24)30-21-29-11-10-23(2)20-32(29)35-22-30/h10-22,24,31,33H,4-9H2,1-3H3/t31-,33?/m1/s1. The Labute approximate surface area is 220 Å². The highest BCUT2D eigenvalue weighted by Crippen LogP contribution is 2.43. The van der Waals surface area contributed by atoms with E-state index < -0.39 is 0 Å². The fourth-order valence-corrected chi connectivity index (χ4v) is 6.13. The predicted molar refractivity (Wildman–Crippen MR) is 151 cm³/mol. The normalized spacial score (nSPS) is 15.5. The second kappa shape index (κ2) is 11.3. The van der Waals surface area contributed by atoms with Gasteiger partial charge < -0.3 is 4.74 Å². The highest BCUT2D eigenvalue weighted by Gasteiger charge is 2.27. The lowest BCUT2D eigenvalue weighted by Crippen LogP contribution is -2.14. The summed E-state index contributed by atoms with van der Waals surface area (Å²) in [6.07, 6.45) is 9.49. The van der Waals surface area contributed by atoms with Gasteiger partial charge >= 0.3 is 5.97 Å². The number of hydrogen-bond donors (Lipinski definition) is 0. The Morgan fingerprint density at radius 1 is 0.919 bits per heavy atom. The van der Waals surface area contributed by atoms with Gasteiger partial charge in [-0.25, -0.2) is 4.79 Å². The summed E-state index contributed by atoms with van der Waals surface area (Å²) in [5, 5.41) is 1.17. The monoisotopic (exact) mass is 491 g/mol. The molecule has 1 aliphatic carbocycles. The van der Waals surface area contributed by atoms with Crippen LogP contribution in [-0.2, 0) is 4.74 Å². The number of nitrogens with zero attached hydrogens (tertiary/aromatic N) is 1. The first-order chi connectivity index (χ1) is 18.1. The van der Waals surface area contributed by atoms with Gasteiger partial charge in [0, 0.05) is 17.5 Å². The lowest BCUT2D eigenvalue weighted by molar-refractivity contribution is 0.0600. The maximum absolute atomic E-state index is 12.1. The van der Waals surface area contributed by atoms with Crippen molar-refractivity contribution < 1.29 is 9.53 Å². The third-order valence-corrected chi connectivity index (χ3v) is 8.10. The van der Waals surface area contributed by atoms with E-state index in [1.54, 1.807) is 0 Å². The van der Waals surface area contributed by atoms with Gasteiger partial charge in [-0.15, -0.1) is 0 Å². The SMILES string of the molecule is CCC[C@H](c1ccc(C(=O)OC)cc1)C(c1ccc(C2CCCC2)cc1)c1cnc2cc(C)ccc2c1. The van der Waals surface area contributed by atoms with Crippen LogP contribution in [0.4, 0.5) is 0 Å². The largest absolute Gasteiger partial charge is 0.465 e. The molecule has 190 valence electrons. The Morgan fingerprint density at radius 3 is 2.30 bits per heavy atom. The fraction of sp³-hybridized carbons (Fsp3) is 0.353. The number of fused-ring (bicyclic) bond motifs is 1. The van der Waals surface area contributed by atoms with Gasteiger partial charge in [0.2, 0.25) is 0 Å². The van der Waals surface area contributed by atoms with Crippen LogP contribution in [-0.4, -0.2) is 18.1 Å². The van der Waals surface area contributed by atoms with Gasteiger partial charge in [0.25, 0.3) is 0 Å². The van der Waals surface area contributed by atoms with Gasteiger partial charge in [-0.3, -0.25) is 4.98 Å². The van der Waals surface area contributed by atoms with Crippen molar-refractivity contribution in [3.8, 4) is 0 Å². The highest BCUT2D eigenvalue weighted by molar-refractivity contribution is 5.89. The summed E-state index contributed by atoms with van der Waals surface area (Å²) in [5.74, 6) is 0.834. The molecule has 0 amide bonds. The summed E-state index contributed by atoms with van der Waals surface area (Å²) in [4.78, 5) is 16.9. The Bertz CT molecular complexity index is 1350. The van der Waals surface area contributed by atoms with E-state index in [2.05, 4.69) is 80.7 Å². The zero-order valence-corrected chi connectivity index (χ0v) is 22.2. The molecule has 1 saturated carbocycles. The van der Waals surface area contributed by atoms with Crippen molar-refractivity contribution in [2.24, 2.45) is 0 Å². The van der Waals surface area contributed by atoms with Crippen LogP contribution in [0.1, 0.15) is 101 Å². The Morgan fingerprint density at radius 2 is 1.62 bits per heavy atom. The van der Waals surface area contributed by atoms with Crippen LogP contribution in [0.2, 0.25) is 0 Å². The van der Waals surface area contributed by atoms with E-state index in [4.69, 9.17) is 9.72 Å². The molecule has 3 aromatic carbocycles. The Kier molecular flexibility index (Phi) is 7.69. The molecule has 1 heterocycles. The van der Waals surface area contributed by atoms with Crippen molar-refractivity contribution in [1.29, 1.82) is 0 Å². The van der Waals surface area contributed by atoms with Crippen LogP contribution in [0.5, 0.6) is 0 Å². The molecule has 2 atom stereocenters. The predicted octanol–water partition coefficient (Wildman–Crippen LogP) is 8.70. The Balaban J connectivity index is 1.59. The third kappa shape index (κ3) is 5.46. The van der Waals surface area contributed by atoms with Crippen LogP contribution < -0.4 is 0 Å². The van der Waals surface area contributed by atoms with E-state index in [1.165, 1.54) is 66.0 Å². The molecule has 0 spiro atoms. The van der Waals surface area contributed by atoms with Crippen molar-refractivity contribution in [3.05, 3.63) is 112 Å². The molecular formula is C34H37NO2. The van der Waals surface area contributed by atoms with Crippen molar-refractivity contribution >= 4 is 16.9 Å². The van der Waals surface area contributed by atoms with Crippen LogP contribution in [0.15, 0.2) is 79.0 Å². The van der Waals surface area contributed by atoms with Crippen molar-refractivity contribution in [2.75, 3.05) is 7.11 Å². The van der Waals surface area contributed by atoms with Crippen LogP contribution in [0, 0.1) is 6.92 Å². The summed E-state index contributed by atoms with van der Waals surface area (Å²) in [6.45, 7) is 4.36. The van der Waals surface area contributed by atoms with Gasteiger partial charge in [-0.05, 0) is 90.1 Å². The molecule has 5 rings (SSSR count). The van der Waals surface area contributed by atoms with E-state index in [0.717, 1.165) is 18.4 Å². The zero-order valence-electron chi connectivity index (χ0n) is 22.2. The summed E-state index contributed by atoms with van der Waals surface area (Å²) in [7, 11) is 1.43. The lowest BCUT2D eigenvalue weighted by atomic mass is 9.75. The number of ether oxygens (including phenoxy) is 1. The number of carbonyl (C=O) groups excluding carboxylic acids is 1. The van der Waals surface area contributed by atoms with Crippen molar-refractivity contribution in [1.82, 2.24) is 4.98 Å². The number of pyridine rings is 1. The molecule has 4 aromatic rings. The molecule has 0 bridgehead atoms. The third-order valence-electron chi connectivity index (χ3n) is 8.10. The number of aromatic nitrogens is 1. The maximum atomic E-state index is 12.1. The molecule has 1 aromatic heterocycles. The quantitative estimate of drug-likeness (QED) is 0.231. The molecule has 37 heavy (non-hydrogen) atoms. The first kappa shape index (κ1) is 25.2. The lowest BCUT2D eigenvalue weighted by Gasteiger charge is -2.29. The molecule has 3 nitrogen and oxygen atoms in total. The molecule has 0 saturated heterocycles. The second-order valence-electron chi connectivity index (χ2n) is 10.6. The van der Waals surface area contributed by atoms with E-state index in [-0.39, 0.29) is 17.8 Å². The minimum atomic E-state index is -0.299. The average Bonchev–Trinajstić information content (AvgIpc) is 3.48. The summed E-state index contributed by atoms with van der Waals surface area (Å²) >= 11 is 0. The van der Waals surface area contributed by atoms with Gasteiger partial charge in [-0.2, -0.15) is 0 Å². The van der Waals surface area contributed by atoms with Crippen LogP contribution in [0.25, 0.3) is 10.9 Å². The number of aryl methyl sites for hydroxylation is 1. The zero-order chi connectivity index (χ0) is 25.8. The van der Waals surface area contributed by atoms with Crippen LogP contribution in [0.3, 0.4) is 0 Å². The molecular weight excluding hydrogens is 454 g/mol. The molecule has 0 radical (unpaired) electrons. The molecule has 0 aliphatic heterocycles. The first-order valence-corrected chi connectivity index (χ1v) is 13.7. The van der Waals surface area contributed by atoms with Crippen molar-refractivity contribution in [2.45, 2.75) is 70.1 Å². The topological polar surface area (TPSA) is 39.2 Å². The minimum Gasteiger partial charge on any atom is -0.465 e. The molecule has 1 aliphatic rings. The van der Waals surface area contributed by atoms with E-state index in [0.29, 0.717) is 11.5 Å². The maximum Gasteiger partial charge on any atom is 0.337 e. The molecule has 0 N–H and O–H groups in total. The average molecular weight is 492 g/mol. The number of hydrogen-bond acceptors (Lipinski definition) is 3. The minimum absolute atomic E-state index is 0.166. The number of rotatable bonds is 8. The van der Waals surface area contributed by atoms with E-state index in [1.807, 2.05) is 12.1 Å². The highest BCUT2D eigenvalue weighted by atomic mass is 16.5. The van der Waals surface area contributed by atoms with Crippen molar-refractivity contribution in [3.63, 3.8) is 0 Å². The van der Waals surface area contributed by atoms with Crippen LogP contribution >= 0.6 is 0 Å². The Hall–Kier alpha value is -3.46. The summed E-state index contributed by atoms with van der Waals surface area (Å²) in [6, 6.07) is 26.2. The number of methoxy groups -OCH3 is 1. The number of esters is 1. The molecule has 1 fully saturated rings. The first-order valence-electron chi connectivity index (χ1n) is 13.7. The number of carbonyl (C=O) groups is 1. The molecule has 3 heteroatoms. The van der Waals surface area contributed by atoms with Gasteiger partial charge in [0.05, 0.1) is 18.2 Å². The number of benzene rings is 3. The van der Waals surface area contributed by atoms with Gasteiger partial charge in [0.1, 0.15) is 0 Å².